The molecule has 0 spiro atoms. The predicted molar refractivity (Wildman–Crippen MR) is 65.6 cm³/mol. The highest BCUT2D eigenvalue weighted by Gasteiger charge is 2.25. The monoisotopic (exact) mass is 249 g/mol. The van der Waals surface area contributed by atoms with Gasteiger partial charge in [0.2, 0.25) is 5.95 Å². The Kier molecular flexibility index (Phi) is 2.36. The molecule has 2 N–H and O–H groups in total. The lowest BCUT2D eigenvalue weighted by Crippen LogP contribution is -2.20. The van der Waals surface area contributed by atoms with E-state index in [1.807, 2.05) is 17.5 Å². The topological polar surface area (TPSA) is 67.1 Å². The standard InChI is InChI=1S/C11H11N3O2S/c15-10(16)9-8(7-3-1-6-17-7)13-11-12-4-2-5-14(9)11/h1,3,6H,2,4-5H2,(H,12,13)(H,15,16). The van der Waals surface area contributed by atoms with Crippen LogP contribution in [0.5, 0.6) is 0 Å². The first kappa shape index (κ1) is 10.3. The quantitative estimate of drug-likeness (QED) is 0.855. The van der Waals surface area contributed by atoms with E-state index in [1.54, 1.807) is 4.57 Å². The molecule has 2 aromatic rings. The molecule has 0 radical (unpaired) electrons. The molecule has 0 unspecified atom stereocenters. The number of thiophene rings is 1. The molecule has 0 amide bonds. The minimum absolute atomic E-state index is 0.287. The van der Waals surface area contributed by atoms with Crippen LogP contribution in [0.1, 0.15) is 16.9 Å². The molecule has 1 aliphatic heterocycles. The molecule has 3 heterocycles. The SMILES string of the molecule is O=C(O)c1c(-c2cccs2)nc2n1CCCN2. The van der Waals surface area contributed by atoms with Gasteiger partial charge in [0.1, 0.15) is 5.69 Å². The Morgan fingerprint density at radius 2 is 2.47 bits per heavy atom. The van der Waals surface area contributed by atoms with Crippen molar-refractivity contribution in [2.45, 2.75) is 13.0 Å². The van der Waals surface area contributed by atoms with Gasteiger partial charge in [-0.1, -0.05) is 6.07 Å². The number of hydrogen-bond donors (Lipinski definition) is 2. The Labute approximate surface area is 102 Å². The van der Waals surface area contributed by atoms with Crippen molar-refractivity contribution in [3.8, 4) is 10.6 Å². The van der Waals surface area contributed by atoms with Crippen LogP contribution < -0.4 is 5.32 Å². The predicted octanol–water partition coefficient (Wildman–Crippen LogP) is 2.13. The van der Waals surface area contributed by atoms with Crippen LogP contribution in [0.25, 0.3) is 10.6 Å². The zero-order valence-electron chi connectivity index (χ0n) is 9.01. The van der Waals surface area contributed by atoms with Crippen LogP contribution in [0.3, 0.4) is 0 Å². The van der Waals surface area contributed by atoms with E-state index in [-0.39, 0.29) is 5.69 Å². The van der Waals surface area contributed by atoms with Crippen LogP contribution >= 0.6 is 11.3 Å². The van der Waals surface area contributed by atoms with E-state index in [0.29, 0.717) is 18.2 Å². The summed E-state index contributed by atoms with van der Waals surface area (Å²) >= 11 is 1.50. The zero-order valence-corrected chi connectivity index (χ0v) is 9.83. The van der Waals surface area contributed by atoms with E-state index >= 15 is 0 Å². The first-order chi connectivity index (χ1) is 8.27. The van der Waals surface area contributed by atoms with E-state index in [0.717, 1.165) is 17.8 Å². The summed E-state index contributed by atoms with van der Waals surface area (Å²) in [5.41, 5.74) is 0.853. The average Bonchev–Trinajstić information content (AvgIpc) is 2.95. The number of carbonyl (C=O) groups is 1. The molecule has 2 aromatic heterocycles. The van der Waals surface area contributed by atoms with Gasteiger partial charge < -0.3 is 15.0 Å². The number of rotatable bonds is 2. The molecule has 5 nitrogen and oxygen atoms in total. The van der Waals surface area contributed by atoms with Gasteiger partial charge in [-0.25, -0.2) is 9.78 Å². The second-order valence-corrected chi connectivity index (χ2v) is 4.79. The second kappa shape index (κ2) is 3.89. The number of nitrogens with one attached hydrogen (secondary N) is 1. The summed E-state index contributed by atoms with van der Waals surface area (Å²) in [5, 5.41) is 14.4. The van der Waals surface area contributed by atoms with Gasteiger partial charge in [-0.2, -0.15) is 0 Å². The van der Waals surface area contributed by atoms with Crippen LogP contribution in [0.15, 0.2) is 17.5 Å². The Hall–Kier alpha value is -1.82. The number of anilines is 1. The van der Waals surface area contributed by atoms with Crippen molar-refractivity contribution < 1.29 is 9.90 Å². The third-order valence-corrected chi connectivity index (χ3v) is 3.64. The summed E-state index contributed by atoms with van der Waals surface area (Å²) < 4.78 is 1.75. The van der Waals surface area contributed by atoms with Crippen molar-refractivity contribution in [3.05, 3.63) is 23.2 Å². The summed E-state index contributed by atoms with van der Waals surface area (Å²) in [6.45, 7) is 1.56. The Morgan fingerprint density at radius 3 is 3.18 bits per heavy atom. The molecule has 6 heteroatoms. The van der Waals surface area contributed by atoms with Crippen molar-refractivity contribution in [1.82, 2.24) is 9.55 Å². The highest BCUT2D eigenvalue weighted by atomic mass is 32.1. The lowest BCUT2D eigenvalue weighted by molar-refractivity contribution is 0.0686. The summed E-state index contributed by atoms with van der Waals surface area (Å²) in [7, 11) is 0. The summed E-state index contributed by atoms with van der Waals surface area (Å²) in [4.78, 5) is 16.7. The molecule has 0 fully saturated rings. The summed E-state index contributed by atoms with van der Waals surface area (Å²) in [6, 6.07) is 3.79. The summed E-state index contributed by atoms with van der Waals surface area (Å²) in [6.07, 6.45) is 0.924. The maximum atomic E-state index is 11.4. The number of hydrogen-bond acceptors (Lipinski definition) is 4. The van der Waals surface area contributed by atoms with Gasteiger partial charge in [-0.15, -0.1) is 11.3 Å². The van der Waals surface area contributed by atoms with E-state index in [4.69, 9.17) is 0 Å². The fraction of sp³-hybridized carbons (Fsp3) is 0.273. The molecule has 0 saturated heterocycles. The van der Waals surface area contributed by atoms with Gasteiger partial charge >= 0.3 is 5.97 Å². The molecule has 0 saturated carbocycles. The molecule has 0 atom stereocenters. The largest absolute Gasteiger partial charge is 0.477 e. The molecule has 3 rings (SSSR count). The Morgan fingerprint density at radius 1 is 1.59 bits per heavy atom. The van der Waals surface area contributed by atoms with Gasteiger partial charge in [0.05, 0.1) is 4.88 Å². The van der Waals surface area contributed by atoms with Crippen molar-refractivity contribution in [2.75, 3.05) is 11.9 Å². The van der Waals surface area contributed by atoms with E-state index in [1.165, 1.54) is 11.3 Å². The number of aromatic carboxylic acids is 1. The van der Waals surface area contributed by atoms with E-state index in [9.17, 15) is 9.90 Å². The van der Waals surface area contributed by atoms with Gasteiger partial charge in [0, 0.05) is 13.1 Å². The molecule has 0 aliphatic carbocycles. The van der Waals surface area contributed by atoms with Crippen LogP contribution in [0.4, 0.5) is 5.95 Å². The lowest BCUT2D eigenvalue weighted by Gasteiger charge is -2.16. The van der Waals surface area contributed by atoms with Gasteiger partial charge in [-0.05, 0) is 17.9 Å². The van der Waals surface area contributed by atoms with Crippen molar-refractivity contribution in [3.63, 3.8) is 0 Å². The highest BCUT2D eigenvalue weighted by Crippen LogP contribution is 2.31. The molecular weight excluding hydrogens is 238 g/mol. The zero-order chi connectivity index (χ0) is 11.8. The van der Waals surface area contributed by atoms with Crippen molar-refractivity contribution in [2.24, 2.45) is 0 Å². The summed E-state index contributed by atoms with van der Waals surface area (Å²) in [5.74, 6) is -0.257. The van der Waals surface area contributed by atoms with Gasteiger partial charge in [0.25, 0.3) is 0 Å². The third kappa shape index (κ3) is 1.61. The first-order valence-corrected chi connectivity index (χ1v) is 6.27. The van der Waals surface area contributed by atoms with Crippen LogP contribution in [-0.4, -0.2) is 27.2 Å². The number of imidazole rings is 1. The number of fused-ring (bicyclic) bond motifs is 1. The van der Waals surface area contributed by atoms with Crippen molar-refractivity contribution in [1.29, 1.82) is 0 Å². The molecule has 0 aromatic carbocycles. The fourth-order valence-electron chi connectivity index (χ4n) is 2.04. The Balaban J connectivity index is 2.21. The third-order valence-electron chi connectivity index (χ3n) is 2.77. The minimum atomic E-state index is -0.921. The normalized spacial score (nSPS) is 14.1. The molecule has 17 heavy (non-hydrogen) atoms. The number of carboxylic acid groups (broad SMARTS) is 1. The molecule has 0 bridgehead atoms. The van der Waals surface area contributed by atoms with E-state index < -0.39 is 5.97 Å². The maximum absolute atomic E-state index is 11.4. The first-order valence-electron chi connectivity index (χ1n) is 5.39. The van der Waals surface area contributed by atoms with Gasteiger partial charge in [0.15, 0.2) is 5.69 Å². The number of carboxylic acids is 1. The molecule has 88 valence electrons. The molecular formula is C11H11N3O2S. The van der Waals surface area contributed by atoms with Crippen LogP contribution in [0, 0.1) is 0 Å². The maximum Gasteiger partial charge on any atom is 0.354 e. The number of aromatic nitrogens is 2. The average molecular weight is 249 g/mol. The molecule has 1 aliphatic rings. The fourth-order valence-corrected chi connectivity index (χ4v) is 2.76. The highest BCUT2D eigenvalue weighted by molar-refractivity contribution is 7.13. The Bertz CT molecular complexity index is 560. The second-order valence-electron chi connectivity index (χ2n) is 3.85. The smallest absolute Gasteiger partial charge is 0.354 e. The van der Waals surface area contributed by atoms with Gasteiger partial charge in [-0.3, -0.25) is 0 Å². The lowest BCUT2D eigenvalue weighted by atomic mass is 10.2. The number of nitrogens with zero attached hydrogens (tertiary/aromatic N) is 2. The van der Waals surface area contributed by atoms with E-state index in [2.05, 4.69) is 10.3 Å². The van der Waals surface area contributed by atoms with Crippen LogP contribution in [0.2, 0.25) is 0 Å². The minimum Gasteiger partial charge on any atom is -0.477 e. The van der Waals surface area contributed by atoms with Crippen LogP contribution in [-0.2, 0) is 6.54 Å². The van der Waals surface area contributed by atoms with Crippen molar-refractivity contribution >= 4 is 23.3 Å².